The molecular formula is C29H31F3N8O3. The van der Waals surface area contributed by atoms with Crippen LogP contribution in [0.15, 0.2) is 47.3 Å². The van der Waals surface area contributed by atoms with E-state index in [0.717, 1.165) is 45.7 Å². The number of likely N-dealkylation sites (tertiary alicyclic amines) is 1. The van der Waals surface area contributed by atoms with Crippen molar-refractivity contribution in [3.63, 3.8) is 0 Å². The number of hydrogen-bond donors (Lipinski definition) is 1. The van der Waals surface area contributed by atoms with Gasteiger partial charge in [-0.2, -0.15) is 13.9 Å². The van der Waals surface area contributed by atoms with Crippen LogP contribution in [0.4, 0.5) is 24.5 Å². The number of hydrogen-bond acceptors (Lipinski definition) is 9. The van der Waals surface area contributed by atoms with Crippen LogP contribution in [0.3, 0.4) is 0 Å². The molecule has 0 unspecified atom stereocenters. The monoisotopic (exact) mass is 596 g/mol. The molecule has 2 aliphatic heterocycles. The van der Waals surface area contributed by atoms with Crippen LogP contribution < -0.4 is 9.80 Å². The molecule has 3 aromatic heterocycles. The first kappa shape index (κ1) is 28.8. The molecule has 1 amide bonds. The molecule has 1 N–H and O–H groups in total. The van der Waals surface area contributed by atoms with E-state index in [-0.39, 0.29) is 12.4 Å². The third-order valence-electron chi connectivity index (χ3n) is 8.07. The van der Waals surface area contributed by atoms with Crippen molar-refractivity contribution in [1.29, 1.82) is 0 Å². The topological polar surface area (TPSA) is 117 Å². The van der Waals surface area contributed by atoms with Crippen LogP contribution in [0.25, 0.3) is 22.6 Å². The zero-order chi connectivity index (χ0) is 29.9. The molecule has 2 fully saturated rings. The van der Waals surface area contributed by atoms with Crippen LogP contribution >= 0.6 is 0 Å². The van der Waals surface area contributed by atoms with Crippen molar-refractivity contribution < 1.29 is 27.1 Å². The molecule has 0 bridgehead atoms. The molecule has 43 heavy (non-hydrogen) atoms. The van der Waals surface area contributed by atoms with Crippen LogP contribution in [-0.4, -0.2) is 82.6 Å². The standard InChI is InChI=1S/C29H31F3N8O3/c1-38(13-18-4-6-39(7-5-18)22-15-42-16-22)25-8-23(20-11-34-35-12-20)24(30)9-26(25)40(17-41)14-21-3-2-19(10-33-21)28-36-37-29(43-28)27(31)32/h2-3,8-12,17-18,22,27H,4-7,13-16H2,1H3,(H,34,35). The largest absolute Gasteiger partial charge is 0.415 e. The van der Waals surface area contributed by atoms with Crippen molar-refractivity contribution in [2.24, 2.45) is 5.92 Å². The Labute approximate surface area is 245 Å². The number of ether oxygens (including phenoxy) is 1. The molecule has 0 atom stereocenters. The van der Waals surface area contributed by atoms with Crippen molar-refractivity contribution in [3.05, 3.63) is 60.3 Å². The summed E-state index contributed by atoms with van der Waals surface area (Å²) in [5.74, 6) is -0.922. The van der Waals surface area contributed by atoms with E-state index in [1.54, 1.807) is 30.6 Å². The number of rotatable bonds is 11. The molecule has 0 radical (unpaired) electrons. The van der Waals surface area contributed by atoms with Gasteiger partial charge in [-0.25, -0.2) is 4.39 Å². The first-order valence-electron chi connectivity index (χ1n) is 14.0. The number of aromatic amines is 1. The normalized spacial score (nSPS) is 16.4. The fourth-order valence-corrected chi connectivity index (χ4v) is 5.56. The van der Waals surface area contributed by atoms with Gasteiger partial charge < -0.3 is 19.0 Å². The highest BCUT2D eigenvalue weighted by Crippen LogP contribution is 2.37. The maximum Gasteiger partial charge on any atom is 0.314 e. The van der Waals surface area contributed by atoms with Crippen LogP contribution in [0.2, 0.25) is 0 Å². The fourth-order valence-electron chi connectivity index (χ4n) is 5.56. The molecule has 2 aliphatic rings. The number of carbonyl (C=O) groups excluding carboxylic acids is 1. The Morgan fingerprint density at radius 3 is 2.53 bits per heavy atom. The second-order valence-corrected chi connectivity index (χ2v) is 10.9. The third-order valence-corrected chi connectivity index (χ3v) is 8.07. The van der Waals surface area contributed by atoms with Crippen LogP contribution in [-0.2, 0) is 16.1 Å². The van der Waals surface area contributed by atoms with Gasteiger partial charge in [-0.05, 0) is 50.0 Å². The Bertz CT molecular complexity index is 1520. The lowest BCUT2D eigenvalue weighted by atomic mass is 9.94. The first-order chi connectivity index (χ1) is 20.9. The summed E-state index contributed by atoms with van der Waals surface area (Å²) in [6.07, 6.45) is 4.43. The van der Waals surface area contributed by atoms with Gasteiger partial charge in [0, 0.05) is 43.2 Å². The molecule has 1 aromatic carbocycles. The molecule has 5 heterocycles. The molecule has 0 spiro atoms. The zero-order valence-corrected chi connectivity index (χ0v) is 23.5. The number of nitrogens with one attached hydrogen (secondary N) is 1. The molecule has 14 heteroatoms. The number of alkyl halides is 2. The van der Waals surface area contributed by atoms with E-state index in [2.05, 4.69) is 35.2 Å². The number of benzene rings is 1. The second kappa shape index (κ2) is 12.5. The van der Waals surface area contributed by atoms with E-state index in [9.17, 15) is 13.6 Å². The minimum atomic E-state index is -2.88. The van der Waals surface area contributed by atoms with Gasteiger partial charge in [-0.1, -0.05) is 0 Å². The van der Waals surface area contributed by atoms with Gasteiger partial charge in [0.2, 0.25) is 12.3 Å². The molecule has 226 valence electrons. The van der Waals surface area contributed by atoms with Crippen molar-refractivity contribution in [1.82, 2.24) is 30.3 Å². The summed E-state index contributed by atoms with van der Waals surface area (Å²) < 4.78 is 51.5. The SMILES string of the molecule is CN(CC1CCN(C2COC2)CC1)c1cc(-c2cn[nH]c2)c(F)cc1N(C=O)Cc1ccc(-c2nnc(C(F)F)o2)cn1. The van der Waals surface area contributed by atoms with Crippen molar-refractivity contribution in [2.45, 2.75) is 31.9 Å². The average Bonchev–Trinajstić information content (AvgIpc) is 3.70. The number of H-pyrrole nitrogens is 1. The summed E-state index contributed by atoms with van der Waals surface area (Å²) in [5, 5.41) is 13.7. The highest BCUT2D eigenvalue weighted by Gasteiger charge is 2.30. The molecule has 0 aliphatic carbocycles. The van der Waals surface area contributed by atoms with E-state index < -0.39 is 18.1 Å². The van der Waals surface area contributed by atoms with E-state index >= 15 is 4.39 Å². The Morgan fingerprint density at radius 2 is 1.93 bits per heavy atom. The van der Waals surface area contributed by atoms with Crippen molar-refractivity contribution >= 4 is 17.8 Å². The van der Waals surface area contributed by atoms with Gasteiger partial charge in [0.1, 0.15) is 5.82 Å². The summed E-state index contributed by atoms with van der Waals surface area (Å²) in [6, 6.07) is 6.84. The fraction of sp³-hybridized carbons (Fsp3) is 0.414. The Hall–Kier alpha value is -4.30. The van der Waals surface area contributed by atoms with Crippen molar-refractivity contribution in [2.75, 3.05) is 49.7 Å². The third kappa shape index (κ3) is 6.25. The van der Waals surface area contributed by atoms with Gasteiger partial charge in [0.05, 0.1) is 54.6 Å². The van der Waals surface area contributed by atoms with E-state index in [1.165, 1.54) is 17.2 Å². The zero-order valence-electron chi connectivity index (χ0n) is 23.5. The summed E-state index contributed by atoms with van der Waals surface area (Å²) in [7, 11) is 1.95. The number of nitrogens with zero attached hydrogens (tertiary/aromatic N) is 7. The summed E-state index contributed by atoms with van der Waals surface area (Å²) in [4.78, 5) is 22.7. The lowest BCUT2D eigenvalue weighted by molar-refractivity contribution is -0.107. The summed E-state index contributed by atoms with van der Waals surface area (Å²) >= 11 is 0. The van der Waals surface area contributed by atoms with Crippen LogP contribution in [0.5, 0.6) is 0 Å². The highest BCUT2D eigenvalue weighted by molar-refractivity contribution is 5.87. The van der Waals surface area contributed by atoms with Gasteiger partial charge in [0.25, 0.3) is 5.89 Å². The lowest BCUT2D eigenvalue weighted by Gasteiger charge is -2.42. The number of halogens is 3. The van der Waals surface area contributed by atoms with Gasteiger partial charge in [-0.3, -0.25) is 19.8 Å². The lowest BCUT2D eigenvalue weighted by Crippen LogP contribution is -2.52. The maximum atomic E-state index is 15.5. The number of carbonyl (C=O) groups is 1. The van der Waals surface area contributed by atoms with Gasteiger partial charge in [-0.15, -0.1) is 10.2 Å². The van der Waals surface area contributed by atoms with Gasteiger partial charge in [0.15, 0.2) is 0 Å². The number of anilines is 2. The Balaban J connectivity index is 1.23. The second-order valence-electron chi connectivity index (χ2n) is 10.9. The number of amides is 1. The predicted octanol–water partition coefficient (Wildman–Crippen LogP) is 4.31. The summed E-state index contributed by atoms with van der Waals surface area (Å²) in [6.45, 7) is 4.41. The molecule has 6 rings (SSSR count). The van der Waals surface area contributed by atoms with E-state index in [4.69, 9.17) is 9.15 Å². The molecule has 0 saturated carbocycles. The molecule has 4 aromatic rings. The van der Waals surface area contributed by atoms with E-state index in [0.29, 0.717) is 52.1 Å². The number of piperidine rings is 1. The van der Waals surface area contributed by atoms with Crippen molar-refractivity contribution in [3.8, 4) is 22.6 Å². The molecule has 11 nitrogen and oxygen atoms in total. The smallest absolute Gasteiger partial charge is 0.314 e. The Morgan fingerprint density at radius 1 is 1.12 bits per heavy atom. The Kier molecular flexibility index (Phi) is 8.38. The molecular weight excluding hydrogens is 565 g/mol. The van der Waals surface area contributed by atoms with Gasteiger partial charge >= 0.3 is 6.43 Å². The minimum Gasteiger partial charge on any atom is -0.415 e. The first-order valence-corrected chi connectivity index (χ1v) is 14.0. The quantitative estimate of drug-likeness (QED) is 0.253. The minimum absolute atomic E-state index is 0.0447. The van der Waals surface area contributed by atoms with E-state index in [1.807, 2.05) is 7.05 Å². The van der Waals surface area contributed by atoms with Crippen LogP contribution in [0, 0.1) is 11.7 Å². The number of pyridine rings is 1. The highest BCUT2D eigenvalue weighted by atomic mass is 19.3. The number of aromatic nitrogens is 5. The van der Waals surface area contributed by atoms with Crippen LogP contribution in [0.1, 0.15) is 30.9 Å². The predicted molar refractivity (Wildman–Crippen MR) is 151 cm³/mol. The average molecular weight is 597 g/mol. The maximum absolute atomic E-state index is 15.5. The molecule has 2 saturated heterocycles. The summed E-state index contributed by atoms with van der Waals surface area (Å²) in [5.41, 5.74) is 2.91.